The number of aromatic nitrogens is 3. The van der Waals surface area contributed by atoms with Gasteiger partial charge in [0.2, 0.25) is 5.88 Å². The van der Waals surface area contributed by atoms with E-state index < -0.39 is 0 Å². The zero-order valence-corrected chi connectivity index (χ0v) is 13.0. The molecule has 0 amide bonds. The zero-order valence-electron chi connectivity index (χ0n) is 13.0. The predicted molar refractivity (Wildman–Crippen MR) is 83.4 cm³/mol. The zero-order chi connectivity index (χ0) is 15.1. The van der Waals surface area contributed by atoms with Gasteiger partial charge in [-0.15, -0.1) is 0 Å². The fourth-order valence-corrected chi connectivity index (χ4v) is 2.45. The number of imidazole rings is 1. The maximum Gasteiger partial charge on any atom is 0.217 e. The highest BCUT2D eigenvalue weighted by Gasteiger charge is 2.18. The van der Waals surface area contributed by atoms with E-state index in [0.29, 0.717) is 5.88 Å². The van der Waals surface area contributed by atoms with E-state index in [1.807, 2.05) is 18.5 Å². The Hall–Kier alpha value is -1.88. The van der Waals surface area contributed by atoms with E-state index in [2.05, 4.69) is 39.8 Å². The Balaban J connectivity index is 2.25. The predicted octanol–water partition coefficient (Wildman–Crippen LogP) is 2.59. The van der Waals surface area contributed by atoms with Crippen LogP contribution in [0.2, 0.25) is 0 Å². The van der Waals surface area contributed by atoms with Gasteiger partial charge in [-0.3, -0.25) is 0 Å². The molecule has 5 heteroatoms. The van der Waals surface area contributed by atoms with Gasteiger partial charge in [-0.1, -0.05) is 13.0 Å². The molecule has 0 aliphatic rings. The first-order chi connectivity index (χ1) is 10.3. The summed E-state index contributed by atoms with van der Waals surface area (Å²) in [5.74, 6) is 1.76. The molecule has 2 heterocycles. The maximum absolute atomic E-state index is 5.40. The van der Waals surface area contributed by atoms with Gasteiger partial charge in [-0.25, -0.2) is 9.97 Å². The molecule has 21 heavy (non-hydrogen) atoms. The third-order valence-electron chi connectivity index (χ3n) is 3.54. The van der Waals surface area contributed by atoms with E-state index in [-0.39, 0.29) is 6.04 Å². The molecule has 1 N–H and O–H groups in total. The topological polar surface area (TPSA) is 52.0 Å². The summed E-state index contributed by atoms with van der Waals surface area (Å²) in [6.07, 6.45) is 7.54. The Morgan fingerprint density at radius 2 is 2.14 bits per heavy atom. The minimum absolute atomic E-state index is 0.154. The molecule has 2 rings (SSSR count). The Labute approximate surface area is 126 Å². The molecule has 0 spiro atoms. The van der Waals surface area contributed by atoms with E-state index >= 15 is 0 Å². The number of hydrogen-bond donors (Lipinski definition) is 1. The van der Waals surface area contributed by atoms with E-state index in [9.17, 15) is 0 Å². The van der Waals surface area contributed by atoms with Crippen molar-refractivity contribution in [3.8, 4) is 5.88 Å². The van der Waals surface area contributed by atoms with Crippen molar-refractivity contribution in [3.63, 3.8) is 0 Å². The number of hydrogen-bond acceptors (Lipinski definition) is 4. The lowest BCUT2D eigenvalue weighted by atomic mass is 10.0. The molecule has 2 aromatic heterocycles. The summed E-state index contributed by atoms with van der Waals surface area (Å²) in [7, 11) is 1.66. The molecule has 0 saturated carbocycles. The molecular weight excluding hydrogens is 264 g/mol. The van der Waals surface area contributed by atoms with Crippen molar-refractivity contribution < 1.29 is 4.74 Å². The smallest absolute Gasteiger partial charge is 0.217 e. The van der Waals surface area contributed by atoms with Crippen LogP contribution in [-0.2, 0) is 13.0 Å². The van der Waals surface area contributed by atoms with Gasteiger partial charge >= 0.3 is 0 Å². The highest BCUT2D eigenvalue weighted by atomic mass is 16.5. The summed E-state index contributed by atoms with van der Waals surface area (Å²) in [6, 6.07) is 4.17. The lowest BCUT2D eigenvalue weighted by Gasteiger charge is -2.20. The Morgan fingerprint density at radius 3 is 2.86 bits per heavy atom. The van der Waals surface area contributed by atoms with Crippen molar-refractivity contribution in [2.24, 2.45) is 0 Å². The molecule has 114 valence electrons. The average molecular weight is 288 g/mol. The minimum Gasteiger partial charge on any atom is -0.481 e. The molecular formula is C16H24N4O. The lowest BCUT2D eigenvalue weighted by molar-refractivity contribution is 0.380. The number of nitrogens with one attached hydrogen (secondary N) is 1. The minimum atomic E-state index is 0.154. The summed E-state index contributed by atoms with van der Waals surface area (Å²) in [5, 5.41) is 3.58. The van der Waals surface area contributed by atoms with Gasteiger partial charge in [0.15, 0.2) is 0 Å². The first kappa shape index (κ1) is 15.5. The fraction of sp³-hybridized carbons (Fsp3) is 0.500. The van der Waals surface area contributed by atoms with E-state index in [4.69, 9.17) is 4.74 Å². The fourth-order valence-electron chi connectivity index (χ4n) is 2.45. The van der Waals surface area contributed by atoms with Crippen molar-refractivity contribution in [1.82, 2.24) is 19.9 Å². The SMILES string of the molecule is CCCNC(Cc1nccn1CC)c1cccnc1OC. The summed E-state index contributed by atoms with van der Waals surface area (Å²) < 4.78 is 7.57. The number of methoxy groups -OCH3 is 1. The molecule has 0 bridgehead atoms. The monoisotopic (exact) mass is 288 g/mol. The normalized spacial score (nSPS) is 12.3. The molecule has 1 unspecified atom stereocenters. The van der Waals surface area contributed by atoms with Gasteiger partial charge in [-0.05, 0) is 26.0 Å². The third-order valence-corrected chi connectivity index (χ3v) is 3.54. The summed E-state index contributed by atoms with van der Waals surface area (Å²) in [6.45, 7) is 6.18. The van der Waals surface area contributed by atoms with Gasteiger partial charge in [0, 0.05) is 43.2 Å². The summed E-state index contributed by atoms with van der Waals surface area (Å²) in [4.78, 5) is 8.79. The van der Waals surface area contributed by atoms with Crippen molar-refractivity contribution >= 4 is 0 Å². The van der Waals surface area contributed by atoms with Gasteiger partial charge in [0.05, 0.1) is 7.11 Å². The van der Waals surface area contributed by atoms with Crippen LogP contribution >= 0.6 is 0 Å². The molecule has 1 atom stereocenters. The molecule has 5 nitrogen and oxygen atoms in total. The number of rotatable bonds is 8. The second-order valence-corrected chi connectivity index (χ2v) is 4.94. The third kappa shape index (κ3) is 3.82. The number of ether oxygens (including phenoxy) is 1. The summed E-state index contributed by atoms with van der Waals surface area (Å²) >= 11 is 0. The van der Waals surface area contributed by atoms with Crippen molar-refractivity contribution in [1.29, 1.82) is 0 Å². The highest BCUT2D eigenvalue weighted by molar-refractivity contribution is 5.29. The lowest BCUT2D eigenvalue weighted by Crippen LogP contribution is -2.26. The summed E-state index contributed by atoms with van der Waals surface area (Å²) in [5.41, 5.74) is 1.08. The van der Waals surface area contributed by atoms with Crippen LogP contribution in [0.3, 0.4) is 0 Å². The molecule has 0 radical (unpaired) electrons. The van der Waals surface area contributed by atoms with Gasteiger partial charge < -0.3 is 14.6 Å². The van der Waals surface area contributed by atoms with Crippen molar-refractivity contribution in [2.75, 3.05) is 13.7 Å². The van der Waals surface area contributed by atoms with E-state index in [0.717, 1.165) is 37.3 Å². The van der Waals surface area contributed by atoms with Crippen LogP contribution in [0, 0.1) is 0 Å². The molecule has 2 aromatic rings. The largest absolute Gasteiger partial charge is 0.481 e. The first-order valence-corrected chi connectivity index (χ1v) is 7.52. The van der Waals surface area contributed by atoms with E-state index in [1.54, 1.807) is 13.3 Å². The molecule has 0 fully saturated rings. The van der Waals surface area contributed by atoms with Crippen LogP contribution in [0.25, 0.3) is 0 Å². The van der Waals surface area contributed by atoms with Crippen LogP contribution in [0.4, 0.5) is 0 Å². The number of nitrogens with zero attached hydrogens (tertiary/aromatic N) is 3. The Morgan fingerprint density at radius 1 is 1.29 bits per heavy atom. The number of aryl methyl sites for hydroxylation is 1. The van der Waals surface area contributed by atoms with Crippen LogP contribution in [0.15, 0.2) is 30.7 Å². The molecule has 0 saturated heterocycles. The van der Waals surface area contributed by atoms with Gasteiger partial charge in [0.25, 0.3) is 0 Å². The highest BCUT2D eigenvalue weighted by Crippen LogP contribution is 2.25. The standard InChI is InChI=1S/C16H24N4O/c1-4-8-17-14(12-15-18-10-11-20(15)5-2)13-7-6-9-19-16(13)21-3/h6-7,9-11,14,17H,4-5,8,12H2,1-3H3. The molecule has 0 aromatic carbocycles. The van der Waals surface area contributed by atoms with Gasteiger partial charge in [-0.2, -0.15) is 0 Å². The van der Waals surface area contributed by atoms with Crippen LogP contribution in [-0.4, -0.2) is 28.2 Å². The molecule has 0 aliphatic carbocycles. The van der Waals surface area contributed by atoms with Crippen LogP contribution in [0.5, 0.6) is 5.88 Å². The Kier molecular flexibility index (Phi) is 5.75. The van der Waals surface area contributed by atoms with Gasteiger partial charge in [0.1, 0.15) is 5.82 Å². The molecule has 0 aliphatic heterocycles. The second kappa shape index (κ2) is 7.78. The van der Waals surface area contributed by atoms with E-state index in [1.165, 1.54) is 0 Å². The van der Waals surface area contributed by atoms with Crippen molar-refractivity contribution in [3.05, 3.63) is 42.1 Å². The van der Waals surface area contributed by atoms with Crippen molar-refractivity contribution in [2.45, 2.75) is 39.3 Å². The van der Waals surface area contributed by atoms with Crippen LogP contribution in [0.1, 0.15) is 37.7 Å². The number of pyridine rings is 1. The maximum atomic E-state index is 5.40. The quantitative estimate of drug-likeness (QED) is 0.811. The second-order valence-electron chi connectivity index (χ2n) is 4.94. The first-order valence-electron chi connectivity index (χ1n) is 7.52. The Bertz CT molecular complexity index is 553. The van der Waals surface area contributed by atoms with Crippen LogP contribution < -0.4 is 10.1 Å². The average Bonchev–Trinajstić information content (AvgIpc) is 2.98.